The zero-order valence-corrected chi connectivity index (χ0v) is 8.77. The number of aliphatic hydroxyl groups excluding tert-OH is 1. The van der Waals surface area contributed by atoms with Gasteiger partial charge < -0.3 is 10.2 Å². The third kappa shape index (κ3) is 2.97. The number of unbranched alkanes of at least 4 members (excludes halogenated alkanes) is 1. The maximum absolute atomic E-state index is 9.78. The van der Waals surface area contributed by atoms with Crippen molar-refractivity contribution in [2.45, 2.75) is 32.3 Å². The first kappa shape index (κ1) is 11.5. The topological polar surface area (TPSA) is 64.2 Å². The first-order valence-electron chi connectivity index (χ1n) is 5.10. The van der Waals surface area contributed by atoms with E-state index in [1.165, 1.54) is 18.2 Å². The van der Waals surface area contributed by atoms with Gasteiger partial charge in [0.05, 0.1) is 17.7 Å². The van der Waals surface area contributed by atoms with Crippen LogP contribution >= 0.6 is 0 Å². The molecule has 0 aliphatic carbocycles. The number of hydrogen-bond acceptors (Lipinski definition) is 3. The molecule has 3 heteroatoms. The maximum atomic E-state index is 9.78. The van der Waals surface area contributed by atoms with Crippen LogP contribution in [0.3, 0.4) is 0 Å². The summed E-state index contributed by atoms with van der Waals surface area (Å²) in [6.07, 6.45) is 1.82. The van der Waals surface area contributed by atoms with Gasteiger partial charge in [0.25, 0.3) is 0 Å². The molecule has 1 aromatic carbocycles. The summed E-state index contributed by atoms with van der Waals surface area (Å²) in [7, 11) is 0. The van der Waals surface area contributed by atoms with Gasteiger partial charge in [-0.3, -0.25) is 0 Å². The van der Waals surface area contributed by atoms with E-state index in [9.17, 15) is 10.2 Å². The predicted molar refractivity (Wildman–Crippen MR) is 57.3 cm³/mol. The van der Waals surface area contributed by atoms with Crippen molar-refractivity contribution in [1.82, 2.24) is 0 Å². The van der Waals surface area contributed by atoms with Crippen molar-refractivity contribution in [3.8, 4) is 11.8 Å². The first-order chi connectivity index (χ1) is 7.19. The number of hydrogen-bond donors (Lipinski definition) is 2. The molecule has 0 saturated carbocycles. The van der Waals surface area contributed by atoms with E-state index in [0.717, 1.165) is 12.8 Å². The standard InChI is InChI=1S/C12H15NO2/c1-2-3-4-11(14)10-7-9(8-13)5-6-12(10)15/h5-7,11,14-15H,2-4H2,1H3. The Labute approximate surface area is 89.6 Å². The lowest BCUT2D eigenvalue weighted by Crippen LogP contribution is -1.98. The molecule has 0 bridgehead atoms. The van der Waals surface area contributed by atoms with Crippen LogP contribution < -0.4 is 0 Å². The van der Waals surface area contributed by atoms with Crippen LogP contribution in [-0.2, 0) is 0 Å². The fraction of sp³-hybridized carbons (Fsp3) is 0.417. The molecule has 0 amide bonds. The number of benzene rings is 1. The maximum Gasteiger partial charge on any atom is 0.121 e. The quantitative estimate of drug-likeness (QED) is 0.793. The van der Waals surface area contributed by atoms with E-state index >= 15 is 0 Å². The van der Waals surface area contributed by atoms with Gasteiger partial charge in [0, 0.05) is 5.56 Å². The van der Waals surface area contributed by atoms with E-state index in [2.05, 4.69) is 0 Å². The van der Waals surface area contributed by atoms with E-state index in [1.807, 2.05) is 13.0 Å². The van der Waals surface area contributed by atoms with Crippen LogP contribution in [0.4, 0.5) is 0 Å². The Bertz CT molecular complexity index is 368. The van der Waals surface area contributed by atoms with Crippen LogP contribution in [0.1, 0.15) is 43.4 Å². The average molecular weight is 205 g/mol. The summed E-state index contributed by atoms with van der Waals surface area (Å²) in [6, 6.07) is 6.50. The predicted octanol–water partition coefficient (Wildman–Crippen LogP) is 2.49. The summed E-state index contributed by atoms with van der Waals surface area (Å²) < 4.78 is 0. The first-order valence-corrected chi connectivity index (χ1v) is 5.10. The number of phenols is 1. The van der Waals surface area contributed by atoms with Crippen LogP contribution in [0.2, 0.25) is 0 Å². The lowest BCUT2D eigenvalue weighted by atomic mass is 10.0. The van der Waals surface area contributed by atoms with Crippen LogP contribution in [-0.4, -0.2) is 10.2 Å². The molecule has 80 valence electrons. The highest BCUT2D eigenvalue weighted by molar-refractivity contribution is 5.42. The Morgan fingerprint density at radius 1 is 1.47 bits per heavy atom. The Kier molecular flexibility index (Phi) is 4.14. The molecule has 2 N–H and O–H groups in total. The summed E-state index contributed by atoms with van der Waals surface area (Å²) in [6.45, 7) is 2.04. The minimum absolute atomic E-state index is 0.0533. The molecule has 0 spiro atoms. The van der Waals surface area contributed by atoms with Crippen LogP contribution in [0.25, 0.3) is 0 Å². The lowest BCUT2D eigenvalue weighted by molar-refractivity contribution is 0.160. The number of rotatable bonds is 4. The molecule has 0 aromatic heterocycles. The summed E-state index contributed by atoms with van der Waals surface area (Å²) in [4.78, 5) is 0. The highest BCUT2D eigenvalue weighted by Crippen LogP contribution is 2.28. The third-order valence-electron chi connectivity index (χ3n) is 2.35. The van der Waals surface area contributed by atoms with Crippen LogP contribution in [0, 0.1) is 11.3 Å². The minimum Gasteiger partial charge on any atom is -0.508 e. The molecule has 0 saturated heterocycles. The Morgan fingerprint density at radius 3 is 2.80 bits per heavy atom. The smallest absolute Gasteiger partial charge is 0.121 e. The fourth-order valence-electron chi connectivity index (χ4n) is 1.44. The highest BCUT2D eigenvalue weighted by Gasteiger charge is 2.12. The normalized spacial score (nSPS) is 12.1. The summed E-state index contributed by atoms with van der Waals surface area (Å²) in [5.74, 6) is 0.0533. The molecule has 0 heterocycles. The second kappa shape index (κ2) is 5.38. The van der Waals surface area contributed by atoms with E-state index in [1.54, 1.807) is 0 Å². The minimum atomic E-state index is -0.682. The van der Waals surface area contributed by atoms with Crippen molar-refractivity contribution in [3.63, 3.8) is 0 Å². The lowest BCUT2D eigenvalue weighted by Gasteiger charge is -2.12. The van der Waals surface area contributed by atoms with Gasteiger partial charge in [-0.05, 0) is 24.6 Å². The number of aromatic hydroxyl groups is 1. The van der Waals surface area contributed by atoms with E-state index < -0.39 is 6.10 Å². The van der Waals surface area contributed by atoms with Gasteiger partial charge >= 0.3 is 0 Å². The highest BCUT2D eigenvalue weighted by atomic mass is 16.3. The van der Waals surface area contributed by atoms with Gasteiger partial charge in [-0.25, -0.2) is 0 Å². The van der Waals surface area contributed by atoms with Gasteiger partial charge in [0.1, 0.15) is 5.75 Å². The SMILES string of the molecule is CCCCC(O)c1cc(C#N)ccc1O. The molecular weight excluding hydrogens is 190 g/mol. The fourth-order valence-corrected chi connectivity index (χ4v) is 1.44. The molecule has 1 aromatic rings. The van der Waals surface area contributed by atoms with Crippen molar-refractivity contribution in [2.75, 3.05) is 0 Å². The second-order valence-electron chi connectivity index (χ2n) is 3.54. The number of nitrogens with zero attached hydrogens (tertiary/aromatic N) is 1. The number of aliphatic hydroxyl groups is 1. The van der Waals surface area contributed by atoms with E-state index in [-0.39, 0.29) is 5.75 Å². The largest absolute Gasteiger partial charge is 0.508 e. The molecular formula is C12H15NO2. The zero-order chi connectivity index (χ0) is 11.3. The monoisotopic (exact) mass is 205 g/mol. The zero-order valence-electron chi connectivity index (χ0n) is 8.77. The van der Waals surface area contributed by atoms with Gasteiger partial charge in [0.2, 0.25) is 0 Å². The van der Waals surface area contributed by atoms with Crippen molar-refractivity contribution in [3.05, 3.63) is 29.3 Å². The molecule has 1 unspecified atom stereocenters. The van der Waals surface area contributed by atoms with Crippen LogP contribution in [0.15, 0.2) is 18.2 Å². The summed E-state index contributed by atoms with van der Waals surface area (Å²) in [5, 5.41) is 28.0. The van der Waals surface area contributed by atoms with Gasteiger partial charge in [-0.2, -0.15) is 5.26 Å². The number of nitriles is 1. The molecule has 0 aliphatic rings. The molecule has 1 rings (SSSR count). The Hall–Kier alpha value is -1.53. The van der Waals surface area contributed by atoms with Gasteiger partial charge in [-0.1, -0.05) is 19.8 Å². The van der Waals surface area contributed by atoms with Crippen molar-refractivity contribution in [1.29, 1.82) is 5.26 Å². The summed E-state index contributed by atoms with van der Waals surface area (Å²) in [5.41, 5.74) is 0.904. The molecule has 0 aliphatic heterocycles. The van der Waals surface area contributed by atoms with Crippen molar-refractivity contribution >= 4 is 0 Å². The average Bonchev–Trinajstić information content (AvgIpc) is 2.26. The Morgan fingerprint density at radius 2 is 2.20 bits per heavy atom. The van der Waals surface area contributed by atoms with Gasteiger partial charge in [-0.15, -0.1) is 0 Å². The molecule has 15 heavy (non-hydrogen) atoms. The van der Waals surface area contributed by atoms with Crippen molar-refractivity contribution < 1.29 is 10.2 Å². The molecule has 3 nitrogen and oxygen atoms in total. The second-order valence-corrected chi connectivity index (χ2v) is 3.54. The van der Waals surface area contributed by atoms with E-state index in [0.29, 0.717) is 17.5 Å². The Balaban J connectivity index is 2.87. The molecule has 0 radical (unpaired) electrons. The van der Waals surface area contributed by atoms with Crippen molar-refractivity contribution in [2.24, 2.45) is 0 Å². The number of phenolic OH excluding ortho intramolecular Hbond substituents is 1. The van der Waals surface area contributed by atoms with Gasteiger partial charge in [0.15, 0.2) is 0 Å². The van der Waals surface area contributed by atoms with Crippen LogP contribution in [0.5, 0.6) is 5.75 Å². The molecule has 0 fully saturated rings. The third-order valence-corrected chi connectivity index (χ3v) is 2.35. The van der Waals surface area contributed by atoms with E-state index in [4.69, 9.17) is 5.26 Å². The molecule has 1 atom stereocenters. The summed E-state index contributed by atoms with van der Waals surface area (Å²) >= 11 is 0.